The minimum atomic E-state index is 0.717. The van der Waals surface area contributed by atoms with Crippen molar-refractivity contribution in [3.63, 3.8) is 0 Å². The highest BCUT2D eigenvalue weighted by molar-refractivity contribution is 4.58. The maximum atomic E-state index is 3.47. The van der Waals surface area contributed by atoms with Gasteiger partial charge in [-0.2, -0.15) is 0 Å². The van der Waals surface area contributed by atoms with Gasteiger partial charge in [-0.3, -0.25) is 0 Å². The van der Waals surface area contributed by atoms with Gasteiger partial charge in [0.05, 0.1) is 0 Å². The third-order valence-electron chi connectivity index (χ3n) is 3.29. The van der Waals surface area contributed by atoms with Crippen LogP contribution in [0.15, 0.2) is 0 Å². The number of nitrogens with one attached hydrogen (secondary N) is 1. The van der Waals surface area contributed by atoms with E-state index in [1.807, 2.05) is 0 Å². The number of hydrogen-bond donors (Lipinski definition) is 1. The summed E-state index contributed by atoms with van der Waals surface area (Å²) in [7, 11) is 0. The fourth-order valence-corrected chi connectivity index (χ4v) is 2.21. The van der Waals surface area contributed by atoms with Gasteiger partial charge in [-0.15, -0.1) is 0 Å². The molecule has 1 atom stereocenters. The zero-order chi connectivity index (χ0) is 12.1. The second-order valence-corrected chi connectivity index (χ2v) is 5.08. The van der Waals surface area contributed by atoms with Gasteiger partial charge in [0, 0.05) is 6.04 Å². The van der Waals surface area contributed by atoms with E-state index in [0.717, 1.165) is 12.6 Å². The molecule has 0 aromatic heterocycles. The van der Waals surface area contributed by atoms with Crippen molar-refractivity contribution in [3.8, 4) is 0 Å². The summed E-state index contributed by atoms with van der Waals surface area (Å²) in [6.45, 7) is 7.88. The van der Waals surface area contributed by atoms with Crippen LogP contribution >= 0.6 is 0 Å². The van der Waals surface area contributed by atoms with Crippen LogP contribution in [0.25, 0.3) is 0 Å². The van der Waals surface area contributed by atoms with Gasteiger partial charge in [0.2, 0.25) is 0 Å². The molecule has 0 aliphatic carbocycles. The van der Waals surface area contributed by atoms with E-state index in [1.165, 1.54) is 64.2 Å². The third kappa shape index (κ3) is 12.0. The zero-order valence-electron chi connectivity index (χ0n) is 11.9. The van der Waals surface area contributed by atoms with E-state index in [0.29, 0.717) is 0 Å². The Bertz CT molecular complexity index is 123. The van der Waals surface area contributed by atoms with Gasteiger partial charge in [0.15, 0.2) is 0 Å². The summed E-state index contributed by atoms with van der Waals surface area (Å²) in [5.41, 5.74) is 0. The molecule has 0 spiro atoms. The lowest BCUT2D eigenvalue weighted by Gasteiger charge is -2.11. The maximum Gasteiger partial charge on any atom is 0.00386 e. The van der Waals surface area contributed by atoms with Gasteiger partial charge in [-0.25, -0.2) is 0 Å². The highest BCUT2D eigenvalue weighted by atomic mass is 14.9. The van der Waals surface area contributed by atoms with Crippen LogP contribution in [0.3, 0.4) is 0 Å². The molecule has 1 heteroatoms. The normalized spacial score (nSPS) is 12.9. The summed E-state index contributed by atoms with van der Waals surface area (Å²) in [6, 6.07) is 0.717. The standard InChI is InChI=1S/C15H33N/c1-4-6-7-8-9-10-11-12-13-14-15(3)16-5-2/h15-16H,4-14H2,1-3H3. The van der Waals surface area contributed by atoms with Gasteiger partial charge in [0.1, 0.15) is 0 Å². The van der Waals surface area contributed by atoms with Crippen LogP contribution in [0.2, 0.25) is 0 Å². The Kier molecular flexibility index (Phi) is 13.0. The second-order valence-electron chi connectivity index (χ2n) is 5.08. The molecule has 0 aliphatic heterocycles. The molecule has 16 heavy (non-hydrogen) atoms. The molecular formula is C15H33N. The van der Waals surface area contributed by atoms with Crippen LogP contribution in [0, 0.1) is 0 Å². The summed E-state index contributed by atoms with van der Waals surface area (Å²) < 4.78 is 0. The van der Waals surface area contributed by atoms with E-state index < -0.39 is 0 Å². The number of hydrogen-bond acceptors (Lipinski definition) is 1. The van der Waals surface area contributed by atoms with Gasteiger partial charge >= 0.3 is 0 Å². The Balaban J connectivity index is 2.98. The molecule has 0 bridgehead atoms. The molecular weight excluding hydrogens is 194 g/mol. The minimum Gasteiger partial charge on any atom is -0.315 e. The summed E-state index contributed by atoms with van der Waals surface area (Å²) in [5.74, 6) is 0. The molecule has 0 amide bonds. The summed E-state index contributed by atoms with van der Waals surface area (Å²) in [4.78, 5) is 0. The predicted molar refractivity (Wildman–Crippen MR) is 75.0 cm³/mol. The van der Waals surface area contributed by atoms with E-state index in [9.17, 15) is 0 Å². The van der Waals surface area contributed by atoms with Crippen LogP contribution in [0.4, 0.5) is 0 Å². The highest BCUT2D eigenvalue weighted by Crippen LogP contribution is 2.11. The molecule has 0 heterocycles. The topological polar surface area (TPSA) is 12.0 Å². The monoisotopic (exact) mass is 227 g/mol. The van der Waals surface area contributed by atoms with E-state index in [4.69, 9.17) is 0 Å². The van der Waals surface area contributed by atoms with Crippen LogP contribution in [0.5, 0.6) is 0 Å². The smallest absolute Gasteiger partial charge is 0.00386 e. The first kappa shape index (κ1) is 16.0. The van der Waals surface area contributed by atoms with Crippen LogP contribution in [-0.4, -0.2) is 12.6 Å². The van der Waals surface area contributed by atoms with Crippen molar-refractivity contribution < 1.29 is 0 Å². The molecule has 0 aromatic carbocycles. The van der Waals surface area contributed by atoms with Crippen molar-refractivity contribution in [2.45, 2.75) is 91.0 Å². The fraction of sp³-hybridized carbons (Fsp3) is 1.00. The fourth-order valence-electron chi connectivity index (χ4n) is 2.21. The molecule has 1 nitrogen and oxygen atoms in total. The highest BCUT2D eigenvalue weighted by Gasteiger charge is 1.98. The SMILES string of the molecule is CCCCCCCCCCCC(C)NCC. The third-order valence-corrected chi connectivity index (χ3v) is 3.29. The van der Waals surface area contributed by atoms with E-state index in [1.54, 1.807) is 0 Å². The van der Waals surface area contributed by atoms with Crippen molar-refractivity contribution >= 4 is 0 Å². The molecule has 1 N–H and O–H groups in total. The van der Waals surface area contributed by atoms with Crippen LogP contribution < -0.4 is 5.32 Å². The predicted octanol–water partition coefficient (Wildman–Crippen LogP) is 4.91. The average molecular weight is 227 g/mol. The Morgan fingerprint density at radius 2 is 1.25 bits per heavy atom. The van der Waals surface area contributed by atoms with Gasteiger partial charge in [-0.1, -0.05) is 71.6 Å². The lowest BCUT2D eigenvalue weighted by Crippen LogP contribution is -2.25. The van der Waals surface area contributed by atoms with Gasteiger partial charge in [0.25, 0.3) is 0 Å². The molecule has 0 aromatic rings. The first-order valence-electron chi connectivity index (χ1n) is 7.54. The number of rotatable bonds is 12. The number of unbranched alkanes of at least 4 members (excludes halogenated alkanes) is 8. The molecule has 0 saturated carbocycles. The van der Waals surface area contributed by atoms with E-state index in [-0.39, 0.29) is 0 Å². The Morgan fingerprint density at radius 3 is 1.75 bits per heavy atom. The molecule has 0 fully saturated rings. The summed E-state index contributed by atoms with van der Waals surface area (Å²) in [6.07, 6.45) is 14.3. The van der Waals surface area contributed by atoms with Crippen LogP contribution in [0.1, 0.15) is 85.0 Å². The zero-order valence-corrected chi connectivity index (χ0v) is 11.9. The van der Waals surface area contributed by atoms with Crippen molar-refractivity contribution in [3.05, 3.63) is 0 Å². The van der Waals surface area contributed by atoms with Crippen molar-refractivity contribution in [1.29, 1.82) is 0 Å². The van der Waals surface area contributed by atoms with E-state index in [2.05, 4.69) is 26.1 Å². The van der Waals surface area contributed by atoms with Crippen molar-refractivity contribution in [2.24, 2.45) is 0 Å². The maximum absolute atomic E-state index is 3.47. The first-order valence-corrected chi connectivity index (χ1v) is 7.54. The van der Waals surface area contributed by atoms with Gasteiger partial charge in [-0.05, 0) is 19.9 Å². The molecule has 0 saturated heterocycles. The molecule has 0 rings (SSSR count). The Morgan fingerprint density at radius 1 is 0.750 bits per heavy atom. The summed E-state index contributed by atoms with van der Waals surface area (Å²) in [5, 5.41) is 3.47. The van der Waals surface area contributed by atoms with Gasteiger partial charge < -0.3 is 5.32 Å². The second kappa shape index (κ2) is 13.0. The molecule has 98 valence electrons. The molecule has 0 radical (unpaired) electrons. The minimum absolute atomic E-state index is 0.717. The quantitative estimate of drug-likeness (QED) is 0.467. The molecule has 0 aliphatic rings. The lowest BCUT2D eigenvalue weighted by atomic mass is 10.0. The van der Waals surface area contributed by atoms with Crippen molar-refractivity contribution in [2.75, 3.05) is 6.54 Å². The average Bonchev–Trinajstić information content (AvgIpc) is 2.27. The van der Waals surface area contributed by atoms with Crippen LogP contribution in [-0.2, 0) is 0 Å². The first-order chi connectivity index (χ1) is 7.81. The van der Waals surface area contributed by atoms with Crippen molar-refractivity contribution in [1.82, 2.24) is 5.32 Å². The largest absolute Gasteiger partial charge is 0.315 e. The molecule has 1 unspecified atom stereocenters. The lowest BCUT2D eigenvalue weighted by molar-refractivity contribution is 0.486. The Hall–Kier alpha value is -0.0400. The summed E-state index contributed by atoms with van der Waals surface area (Å²) >= 11 is 0. The van der Waals surface area contributed by atoms with E-state index >= 15 is 0 Å². The Labute approximate surface area is 103 Å².